The predicted octanol–water partition coefficient (Wildman–Crippen LogP) is -0.491. The Morgan fingerprint density at radius 2 is 1.94 bits per heavy atom. The first-order chi connectivity index (χ1) is 7.34. The number of hydrogen-bond acceptors (Lipinski definition) is 4. The molecule has 1 fully saturated rings. The second-order valence-electron chi connectivity index (χ2n) is 3.47. The SMILES string of the molecule is NCC1CN(C(=O)COC(=O)C(F)(F)F)C1. The van der Waals surface area contributed by atoms with Gasteiger partial charge in [-0.3, -0.25) is 4.79 Å². The number of carbonyl (C=O) groups is 2. The minimum Gasteiger partial charge on any atom is -0.449 e. The second-order valence-corrected chi connectivity index (χ2v) is 3.47. The fraction of sp³-hybridized carbons (Fsp3) is 0.750. The topological polar surface area (TPSA) is 72.6 Å². The molecule has 1 saturated heterocycles. The van der Waals surface area contributed by atoms with Gasteiger partial charge in [0.2, 0.25) is 0 Å². The highest BCUT2D eigenvalue weighted by molar-refractivity contribution is 5.82. The lowest BCUT2D eigenvalue weighted by atomic mass is 10.0. The van der Waals surface area contributed by atoms with Gasteiger partial charge in [-0.15, -0.1) is 0 Å². The van der Waals surface area contributed by atoms with Gasteiger partial charge in [-0.2, -0.15) is 13.2 Å². The van der Waals surface area contributed by atoms with Crippen molar-refractivity contribution in [3.63, 3.8) is 0 Å². The summed E-state index contributed by atoms with van der Waals surface area (Å²) in [5, 5.41) is 0. The van der Waals surface area contributed by atoms with Crippen LogP contribution in [-0.4, -0.2) is 49.2 Å². The van der Waals surface area contributed by atoms with Crippen molar-refractivity contribution >= 4 is 11.9 Å². The number of nitrogens with zero attached hydrogens (tertiary/aromatic N) is 1. The second kappa shape index (κ2) is 4.69. The van der Waals surface area contributed by atoms with Crippen molar-refractivity contribution in [2.45, 2.75) is 6.18 Å². The Hall–Kier alpha value is -1.31. The van der Waals surface area contributed by atoms with Crippen molar-refractivity contribution in [3.8, 4) is 0 Å². The summed E-state index contributed by atoms with van der Waals surface area (Å²) >= 11 is 0. The molecule has 1 heterocycles. The van der Waals surface area contributed by atoms with E-state index in [1.807, 2.05) is 0 Å². The zero-order valence-electron chi connectivity index (χ0n) is 8.29. The van der Waals surface area contributed by atoms with Crippen molar-refractivity contribution in [1.29, 1.82) is 0 Å². The van der Waals surface area contributed by atoms with Gasteiger partial charge < -0.3 is 15.4 Å². The van der Waals surface area contributed by atoms with Crippen LogP contribution in [0.2, 0.25) is 0 Å². The smallest absolute Gasteiger partial charge is 0.449 e. The first-order valence-electron chi connectivity index (χ1n) is 4.56. The van der Waals surface area contributed by atoms with Crippen molar-refractivity contribution in [3.05, 3.63) is 0 Å². The van der Waals surface area contributed by atoms with Gasteiger partial charge in [-0.1, -0.05) is 0 Å². The summed E-state index contributed by atoms with van der Waals surface area (Å²) in [7, 11) is 0. The van der Waals surface area contributed by atoms with Crippen LogP contribution < -0.4 is 5.73 Å². The van der Waals surface area contributed by atoms with Crippen molar-refractivity contribution < 1.29 is 27.5 Å². The summed E-state index contributed by atoms with van der Waals surface area (Å²) in [6.45, 7) is 0.347. The molecule has 1 aliphatic heterocycles. The molecule has 2 N–H and O–H groups in total. The summed E-state index contributed by atoms with van der Waals surface area (Å²) in [5.41, 5.74) is 5.30. The van der Waals surface area contributed by atoms with Crippen molar-refractivity contribution in [1.82, 2.24) is 4.90 Å². The molecule has 1 aliphatic rings. The van der Waals surface area contributed by atoms with Gasteiger partial charge in [0.05, 0.1) is 0 Å². The minimum absolute atomic E-state index is 0.183. The van der Waals surface area contributed by atoms with E-state index in [1.165, 1.54) is 4.90 Å². The van der Waals surface area contributed by atoms with Crippen LogP contribution in [0.4, 0.5) is 13.2 Å². The maximum Gasteiger partial charge on any atom is 0.490 e. The molecule has 1 rings (SSSR count). The standard InChI is InChI=1S/C8H11F3N2O3/c9-8(10,11)7(15)16-4-6(14)13-2-5(1-12)3-13/h5H,1-4,12H2. The molecule has 0 aromatic carbocycles. The van der Waals surface area contributed by atoms with E-state index < -0.39 is 24.7 Å². The highest BCUT2D eigenvalue weighted by atomic mass is 19.4. The van der Waals surface area contributed by atoms with E-state index in [1.54, 1.807) is 0 Å². The fourth-order valence-corrected chi connectivity index (χ4v) is 1.22. The first kappa shape index (κ1) is 12.8. The molecule has 92 valence electrons. The minimum atomic E-state index is -5.06. The van der Waals surface area contributed by atoms with Crippen LogP contribution in [0.25, 0.3) is 0 Å². The Balaban J connectivity index is 2.24. The number of ether oxygens (including phenoxy) is 1. The Morgan fingerprint density at radius 1 is 1.38 bits per heavy atom. The van der Waals surface area contributed by atoms with Gasteiger partial charge in [-0.25, -0.2) is 4.79 Å². The summed E-state index contributed by atoms with van der Waals surface area (Å²) in [5.74, 6) is -2.80. The van der Waals surface area contributed by atoms with Crippen molar-refractivity contribution in [2.24, 2.45) is 11.7 Å². The molecule has 0 bridgehead atoms. The number of esters is 1. The molecule has 0 spiro atoms. The molecule has 0 aromatic rings. The average Bonchev–Trinajstić information content (AvgIpc) is 2.10. The Labute approximate surface area is 89.3 Å². The molecule has 0 aliphatic carbocycles. The van der Waals surface area contributed by atoms with E-state index in [0.717, 1.165) is 0 Å². The van der Waals surface area contributed by atoms with Crippen LogP contribution in [0.3, 0.4) is 0 Å². The van der Waals surface area contributed by atoms with E-state index in [2.05, 4.69) is 4.74 Å². The third kappa shape index (κ3) is 3.09. The highest BCUT2D eigenvalue weighted by Crippen LogP contribution is 2.17. The molecule has 0 saturated carbocycles. The molecule has 0 aromatic heterocycles. The molecule has 16 heavy (non-hydrogen) atoms. The number of alkyl halides is 3. The Kier molecular flexibility index (Phi) is 3.74. The Bertz CT molecular complexity index is 287. The van der Waals surface area contributed by atoms with Gasteiger partial charge >= 0.3 is 12.1 Å². The highest BCUT2D eigenvalue weighted by Gasteiger charge is 2.41. The number of likely N-dealkylation sites (tertiary alicyclic amines) is 1. The number of nitrogens with two attached hydrogens (primary N) is 1. The van der Waals surface area contributed by atoms with Crippen LogP contribution in [0.1, 0.15) is 0 Å². The van der Waals surface area contributed by atoms with Gasteiger partial charge in [0.25, 0.3) is 5.91 Å². The molecule has 0 radical (unpaired) electrons. The molecule has 0 unspecified atom stereocenters. The van der Waals surface area contributed by atoms with Gasteiger partial charge in [-0.05, 0) is 6.54 Å². The first-order valence-corrected chi connectivity index (χ1v) is 4.56. The van der Waals surface area contributed by atoms with E-state index in [4.69, 9.17) is 5.73 Å². The summed E-state index contributed by atoms with van der Waals surface area (Å²) in [6.07, 6.45) is -5.06. The average molecular weight is 240 g/mol. The lowest BCUT2D eigenvalue weighted by molar-refractivity contribution is -0.201. The molecule has 8 heteroatoms. The van der Waals surface area contributed by atoms with Gasteiger partial charge in [0.15, 0.2) is 6.61 Å². The van der Waals surface area contributed by atoms with E-state index >= 15 is 0 Å². The van der Waals surface area contributed by atoms with Crippen molar-refractivity contribution in [2.75, 3.05) is 26.2 Å². The number of amides is 1. The zero-order chi connectivity index (χ0) is 12.3. The van der Waals surface area contributed by atoms with Gasteiger partial charge in [0, 0.05) is 19.0 Å². The molecule has 1 amide bonds. The number of rotatable bonds is 3. The van der Waals surface area contributed by atoms with Gasteiger partial charge in [0.1, 0.15) is 0 Å². The summed E-state index contributed by atoms with van der Waals surface area (Å²) < 4.78 is 38.9. The largest absolute Gasteiger partial charge is 0.490 e. The molecule has 0 atom stereocenters. The van der Waals surface area contributed by atoms with E-state index in [0.29, 0.717) is 19.6 Å². The molecular formula is C8H11F3N2O3. The van der Waals surface area contributed by atoms with Crippen LogP contribution >= 0.6 is 0 Å². The Morgan fingerprint density at radius 3 is 2.38 bits per heavy atom. The van der Waals surface area contributed by atoms with Crippen LogP contribution in [0.15, 0.2) is 0 Å². The molecular weight excluding hydrogens is 229 g/mol. The zero-order valence-corrected chi connectivity index (χ0v) is 8.29. The number of carbonyl (C=O) groups excluding carboxylic acids is 2. The monoisotopic (exact) mass is 240 g/mol. The summed E-state index contributed by atoms with van der Waals surface area (Å²) in [6, 6.07) is 0. The van der Waals surface area contributed by atoms with E-state index in [9.17, 15) is 22.8 Å². The lowest BCUT2D eigenvalue weighted by Crippen LogP contribution is -2.53. The quantitative estimate of drug-likeness (QED) is 0.675. The molecule has 5 nitrogen and oxygen atoms in total. The summed E-state index contributed by atoms with van der Waals surface area (Å²) in [4.78, 5) is 22.7. The normalized spacial score (nSPS) is 16.9. The predicted molar refractivity (Wildman–Crippen MR) is 46.1 cm³/mol. The number of hydrogen-bond donors (Lipinski definition) is 1. The maximum atomic E-state index is 11.7. The number of halogens is 3. The van der Waals surface area contributed by atoms with Crippen LogP contribution in [-0.2, 0) is 14.3 Å². The third-order valence-electron chi connectivity index (χ3n) is 2.20. The lowest BCUT2D eigenvalue weighted by Gasteiger charge is -2.38. The maximum absolute atomic E-state index is 11.7. The third-order valence-corrected chi connectivity index (χ3v) is 2.20. The fourth-order valence-electron chi connectivity index (χ4n) is 1.22. The van der Waals surface area contributed by atoms with E-state index in [-0.39, 0.29) is 5.92 Å². The van der Waals surface area contributed by atoms with Crippen LogP contribution in [0, 0.1) is 5.92 Å². The van der Waals surface area contributed by atoms with Crippen LogP contribution in [0.5, 0.6) is 0 Å².